The molecule has 0 atom stereocenters. The van der Waals surface area contributed by atoms with Crippen molar-refractivity contribution in [3.63, 3.8) is 0 Å². The fraction of sp³-hybridized carbons (Fsp3) is 0. The van der Waals surface area contributed by atoms with Crippen LogP contribution in [0.15, 0.2) is 127 Å². The molecule has 0 aliphatic carbocycles. The summed E-state index contributed by atoms with van der Waals surface area (Å²) in [6, 6.07) is 45.9. The van der Waals surface area contributed by atoms with Crippen molar-refractivity contribution in [3.8, 4) is 67.6 Å². The maximum atomic E-state index is 11.3. The van der Waals surface area contributed by atoms with Crippen molar-refractivity contribution in [1.29, 1.82) is 0 Å². The summed E-state index contributed by atoms with van der Waals surface area (Å²) in [6.45, 7) is 0. The minimum Gasteiger partial charge on any atom is -0.507 e. The number of phenols is 1. The van der Waals surface area contributed by atoms with E-state index in [1.54, 1.807) is 6.07 Å². The van der Waals surface area contributed by atoms with Crippen LogP contribution in [0.2, 0.25) is 0 Å². The van der Waals surface area contributed by atoms with Gasteiger partial charge in [0.1, 0.15) is 11.6 Å². The van der Waals surface area contributed by atoms with E-state index in [0.717, 1.165) is 61.5 Å². The molecule has 1 aliphatic rings. The van der Waals surface area contributed by atoms with Crippen LogP contribution >= 0.6 is 0 Å². The SMILES string of the molecule is Oc1cccc2c1-c1nc3c(-c4cccc(-c5[c-]cccc5)n4)cccc3n1-c1ccccc1-c1ccccc1-2.[Pt]. The van der Waals surface area contributed by atoms with Gasteiger partial charge in [0.15, 0.2) is 0 Å². The van der Waals surface area contributed by atoms with Crippen molar-refractivity contribution in [2.75, 3.05) is 0 Å². The number of hydrogen-bond acceptors (Lipinski definition) is 3. The molecule has 1 aliphatic heterocycles. The minimum atomic E-state index is 0. The largest absolute Gasteiger partial charge is 0.507 e. The van der Waals surface area contributed by atoms with Crippen LogP contribution in [0.3, 0.4) is 0 Å². The molecule has 8 rings (SSSR count). The van der Waals surface area contributed by atoms with Gasteiger partial charge in [0.05, 0.1) is 28.0 Å². The third kappa shape index (κ3) is 3.94. The average molecular weight is 708 g/mol. The van der Waals surface area contributed by atoms with Gasteiger partial charge < -0.3 is 5.11 Å². The van der Waals surface area contributed by atoms with Gasteiger partial charge in [-0.2, -0.15) is 0 Å². The molecular formula is C36H22N3OPt-. The number of fused-ring (bicyclic) bond motifs is 10. The summed E-state index contributed by atoms with van der Waals surface area (Å²) in [5, 5.41) is 11.3. The van der Waals surface area contributed by atoms with Crippen LogP contribution in [-0.2, 0) is 21.1 Å². The normalized spacial score (nSPS) is 11.3. The van der Waals surface area contributed by atoms with Crippen LogP contribution in [0.25, 0.3) is 72.9 Å². The van der Waals surface area contributed by atoms with Crippen LogP contribution in [0.4, 0.5) is 0 Å². The van der Waals surface area contributed by atoms with Crippen molar-refractivity contribution in [2.24, 2.45) is 0 Å². The molecular weight excluding hydrogens is 685 g/mol. The molecule has 41 heavy (non-hydrogen) atoms. The van der Waals surface area contributed by atoms with E-state index in [0.29, 0.717) is 11.4 Å². The van der Waals surface area contributed by atoms with Crippen molar-refractivity contribution < 1.29 is 26.2 Å². The molecule has 5 aromatic carbocycles. The summed E-state index contributed by atoms with van der Waals surface area (Å²) < 4.78 is 2.18. The Kier molecular flexibility index (Phi) is 6.14. The van der Waals surface area contributed by atoms with E-state index >= 15 is 0 Å². The first-order valence-electron chi connectivity index (χ1n) is 13.3. The Morgan fingerprint density at radius 3 is 2.05 bits per heavy atom. The van der Waals surface area contributed by atoms with Gasteiger partial charge >= 0.3 is 0 Å². The van der Waals surface area contributed by atoms with E-state index in [1.807, 2.05) is 54.6 Å². The van der Waals surface area contributed by atoms with Gasteiger partial charge in [-0.25, -0.2) is 4.98 Å². The Morgan fingerprint density at radius 2 is 1.22 bits per heavy atom. The molecule has 0 saturated heterocycles. The third-order valence-electron chi connectivity index (χ3n) is 7.61. The number of nitrogens with zero attached hydrogens (tertiary/aromatic N) is 3. The molecule has 2 aromatic heterocycles. The number of para-hydroxylation sites is 2. The van der Waals surface area contributed by atoms with Crippen LogP contribution in [0, 0.1) is 6.07 Å². The molecule has 1 N–H and O–H groups in total. The second kappa shape index (κ2) is 9.99. The van der Waals surface area contributed by atoms with Gasteiger partial charge in [-0.05, 0) is 46.6 Å². The van der Waals surface area contributed by atoms with E-state index in [9.17, 15) is 5.11 Å². The first-order chi connectivity index (χ1) is 19.8. The standard InChI is InChI=1S/C36H22N3O.Pt/c40-33-22-9-16-27-25-14-5-4-13-24(25)26-15-6-7-20-31(26)39-32-21-8-17-28(35(32)38-36(39)34(27)33)30-19-10-18-29(37-30)23-11-2-1-3-12-23;/h1-11,13-22,40H;/q-1;. The molecule has 3 heterocycles. The van der Waals surface area contributed by atoms with Gasteiger partial charge in [0, 0.05) is 32.2 Å². The van der Waals surface area contributed by atoms with Crippen molar-refractivity contribution >= 4 is 11.0 Å². The number of aromatic hydroxyl groups is 1. The zero-order valence-corrected chi connectivity index (χ0v) is 24.0. The molecule has 0 amide bonds. The van der Waals surface area contributed by atoms with E-state index in [1.165, 1.54) is 0 Å². The molecule has 0 radical (unpaired) electrons. The van der Waals surface area contributed by atoms with E-state index < -0.39 is 0 Å². The number of phenolic OH excluding ortho intramolecular Hbond substituents is 1. The summed E-state index contributed by atoms with van der Waals surface area (Å²) in [6.07, 6.45) is 0. The number of imidazole rings is 1. The van der Waals surface area contributed by atoms with Crippen LogP contribution in [0.1, 0.15) is 0 Å². The van der Waals surface area contributed by atoms with E-state index in [2.05, 4.69) is 77.4 Å². The molecule has 5 heteroatoms. The summed E-state index contributed by atoms with van der Waals surface area (Å²) in [4.78, 5) is 10.3. The first kappa shape index (κ1) is 25.2. The summed E-state index contributed by atoms with van der Waals surface area (Å²) in [5.74, 6) is 0.898. The van der Waals surface area contributed by atoms with Crippen LogP contribution in [-0.4, -0.2) is 19.6 Å². The minimum absolute atomic E-state index is 0. The Hall–Kier alpha value is -4.79. The van der Waals surface area contributed by atoms with Crippen molar-refractivity contribution in [1.82, 2.24) is 14.5 Å². The van der Waals surface area contributed by atoms with E-state index in [-0.39, 0.29) is 26.8 Å². The van der Waals surface area contributed by atoms with Gasteiger partial charge in [0.25, 0.3) is 0 Å². The number of rotatable bonds is 2. The molecule has 0 spiro atoms. The first-order valence-corrected chi connectivity index (χ1v) is 13.3. The van der Waals surface area contributed by atoms with Gasteiger partial charge in [-0.3, -0.25) is 9.55 Å². The molecule has 4 nitrogen and oxygen atoms in total. The summed E-state index contributed by atoms with van der Waals surface area (Å²) in [5.41, 5.74) is 11.3. The Morgan fingerprint density at radius 1 is 0.561 bits per heavy atom. The van der Waals surface area contributed by atoms with Gasteiger partial charge in [-0.1, -0.05) is 78.9 Å². The third-order valence-corrected chi connectivity index (χ3v) is 7.61. The summed E-state index contributed by atoms with van der Waals surface area (Å²) in [7, 11) is 0. The molecule has 7 aromatic rings. The Labute approximate surface area is 251 Å². The van der Waals surface area contributed by atoms with Gasteiger partial charge in [-0.15, -0.1) is 35.9 Å². The molecule has 0 unspecified atom stereocenters. The summed E-state index contributed by atoms with van der Waals surface area (Å²) >= 11 is 0. The molecule has 0 bridgehead atoms. The van der Waals surface area contributed by atoms with Gasteiger partial charge in [0.2, 0.25) is 0 Å². The number of pyridine rings is 1. The van der Waals surface area contributed by atoms with Crippen LogP contribution < -0.4 is 0 Å². The van der Waals surface area contributed by atoms with Crippen LogP contribution in [0.5, 0.6) is 5.75 Å². The number of benzene rings is 5. The number of hydrogen-bond donors (Lipinski definition) is 1. The second-order valence-corrected chi connectivity index (χ2v) is 9.89. The zero-order chi connectivity index (χ0) is 26.6. The molecule has 0 fully saturated rings. The number of aromatic nitrogens is 3. The Balaban J connectivity index is 0.00000276. The maximum Gasteiger partial charge on any atom is 0.150 e. The topological polar surface area (TPSA) is 50.9 Å². The predicted octanol–water partition coefficient (Wildman–Crippen LogP) is 8.57. The monoisotopic (exact) mass is 707 g/mol. The second-order valence-electron chi connectivity index (χ2n) is 9.89. The predicted molar refractivity (Wildman–Crippen MR) is 160 cm³/mol. The average Bonchev–Trinajstić information content (AvgIpc) is 3.39. The zero-order valence-electron chi connectivity index (χ0n) is 21.7. The van der Waals surface area contributed by atoms with E-state index in [4.69, 9.17) is 9.97 Å². The molecule has 198 valence electrons. The smallest absolute Gasteiger partial charge is 0.150 e. The van der Waals surface area contributed by atoms with Crippen molar-refractivity contribution in [2.45, 2.75) is 0 Å². The molecule has 0 saturated carbocycles. The maximum absolute atomic E-state index is 11.3. The Bertz CT molecular complexity index is 2080. The van der Waals surface area contributed by atoms with Crippen molar-refractivity contribution in [3.05, 3.63) is 133 Å². The fourth-order valence-corrected chi connectivity index (χ4v) is 5.85. The fourth-order valence-electron chi connectivity index (χ4n) is 5.85. The quantitative estimate of drug-likeness (QED) is 0.183.